The number of likely N-dealkylation sites (N-methyl/N-ethyl adjacent to an activating group) is 1. The summed E-state index contributed by atoms with van der Waals surface area (Å²) in [4.78, 5) is 18.1. The van der Waals surface area contributed by atoms with E-state index in [1.807, 2.05) is 12.1 Å². The van der Waals surface area contributed by atoms with Gasteiger partial charge in [0.2, 0.25) is 5.91 Å². The molecule has 3 rings (SSSR count). The number of carbonyl (C=O) groups is 1. The van der Waals surface area contributed by atoms with Crippen LogP contribution in [-0.2, 0) is 22.7 Å². The first-order chi connectivity index (χ1) is 14.7. The number of fused-ring (bicyclic) bond motifs is 2. The van der Waals surface area contributed by atoms with E-state index in [4.69, 9.17) is 0 Å². The zero-order valence-corrected chi connectivity index (χ0v) is 18.0. The van der Waals surface area contributed by atoms with Crippen LogP contribution in [0.1, 0.15) is 36.8 Å². The van der Waals surface area contributed by atoms with E-state index in [1.54, 1.807) is 26.2 Å². The average molecular weight is 441 g/mol. The van der Waals surface area contributed by atoms with Crippen molar-refractivity contribution >= 4 is 11.9 Å². The Bertz CT molecular complexity index is 765. The van der Waals surface area contributed by atoms with Gasteiger partial charge >= 0.3 is 6.18 Å². The zero-order valence-electron chi connectivity index (χ0n) is 18.0. The van der Waals surface area contributed by atoms with Crippen molar-refractivity contribution in [3.05, 3.63) is 35.4 Å². The lowest BCUT2D eigenvalue weighted by Crippen LogP contribution is -2.48. The van der Waals surface area contributed by atoms with Gasteiger partial charge in [-0.3, -0.25) is 4.79 Å². The Kier molecular flexibility index (Phi) is 7.80. The summed E-state index contributed by atoms with van der Waals surface area (Å²) in [7, 11) is 3.42. The van der Waals surface area contributed by atoms with Crippen molar-refractivity contribution in [3.8, 4) is 0 Å². The maximum absolute atomic E-state index is 12.2. The number of carbonyl (C=O) groups excluding carboxylic acids is 1. The van der Waals surface area contributed by atoms with Crippen LogP contribution in [0, 0.1) is 11.8 Å². The van der Waals surface area contributed by atoms with E-state index in [2.05, 4.69) is 20.4 Å². The first-order valence-corrected chi connectivity index (χ1v) is 10.7. The van der Waals surface area contributed by atoms with E-state index in [9.17, 15) is 18.0 Å². The summed E-state index contributed by atoms with van der Waals surface area (Å²) in [6, 6.07) is 7.53. The van der Waals surface area contributed by atoms with Gasteiger partial charge in [0.15, 0.2) is 5.96 Å². The van der Waals surface area contributed by atoms with Crippen molar-refractivity contribution in [2.24, 2.45) is 16.8 Å². The highest BCUT2D eigenvalue weighted by Crippen LogP contribution is 2.44. The standard InChI is InChI=1S/C22H31F3N4O2/c1-29(2)20(30)12-27-21(28-19-10-17-7-8-18(19)9-17)26-11-15-3-5-16(6-4-15)13-31-14-22(23,24)25/h3-6,17-19H,7-14H2,1-2H3,(H2,26,27,28). The van der Waals surface area contributed by atoms with Crippen LogP contribution in [-0.4, -0.2) is 56.2 Å². The van der Waals surface area contributed by atoms with Crippen LogP contribution in [0.4, 0.5) is 13.2 Å². The molecule has 2 bridgehead atoms. The van der Waals surface area contributed by atoms with E-state index >= 15 is 0 Å². The molecule has 0 aliphatic heterocycles. The summed E-state index contributed by atoms with van der Waals surface area (Å²) in [6.07, 6.45) is 0.627. The van der Waals surface area contributed by atoms with E-state index in [0.717, 1.165) is 17.9 Å². The molecule has 2 fully saturated rings. The molecular weight excluding hydrogens is 409 g/mol. The Hall–Kier alpha value is -2.29. The molecule has 1 aromatic rings. The molecule has 2 N–H and O–H groups in total. The largest absolute Gasteiger partial charge is 0.411 e. The Morgan fingerprint density at radius 2 is 1.87 bits per heavy atom. The summed E-state index contributed by atoms with van der Waals surface area (Å²) in [5, 5.41) is 6.64. The zero-order chi connectivity index (χ0) is 22.4. The van der Waals surface area contributed by atoms with Crippen LogP contribution in [0.3, 0.4) is 0 Å². The molecule has 2 aliphatic rings. The SMILES string of the molecule is CN(C)C(=O)CNC(=NCc1ccc(COCC(F)(F)F)cc1)NC1CC2CCC1C2. The average Bonchev–Trinajstić information content (AvgIpc) is 3.33. The molecule has 0 radical (unpaired) electrons. The second-order valence-corrected chi connectivity index (χ2v) is 8.66. The first kappa shape index (κ1) is 23.4. The van der Waals surface area contributed by atoms with Crippen LogP contribution >= 0.6 is 0 Å². The molecule has 6 nitrogen and oxygen atoms in total. The fraction of sp³-hybridized carbons (Fsp3) is 0.636. The van der Waals surface area contributed by atoms with Crippen LogP contribution in [0.5, 0.6) is 0 Å². The summed E-state index contributed by atoms with van der Waals surface area (Å²) < 4.78 is 41.2. The van der Waals surface area contributed by atoms with Gasteiger partial charge in [-0.2, -0.15) is 13.2 Å². The van der Waals surface area contributed by atoms with Gasteiger partial charge in [0.25, 0.3) is 0 Å². The molecule has 0 heterocycles. The van der Waals surface area contributed by atoms with Gasteiger partial charge in [0, 0.05) is 20.1 Å². The molecule has 2 saturated carbocycles. The van der Waals surface area contributed by atoms with Crippen molar-refractivity contribution in [1.29, 1.82) is 0 Å². The Morgan fingerprint density at radius 3 is 2.45 bits per heavy atom. The molecule has 2 aliphatic carbocycles. The number of benzene rings is 1. The monoisotopic (exact) mass is 440 g/mol. The second kappa shape index (κ2) is 10.3. The molecule has 172 valence electrons. The molecular formula is C22H31F3N4O2. The van der Waals surface area contributed by atoms with Gasteiger partial charge in [0.05, 0.1) is 19.7 Å². The number of alkyl halides is 3. The molecule has 1 aromatic carbocycles. The predicted octanol–water partition coefficient (Wildman–Crippen LogP) is 3.08. The van der Waals surface area contributed by atoms with E-state index in [0.29, 0.717) is 30.0 Å². The van der Waals surface area contributed by atoms with Gasteiger partial charge < -0.3 is 20.3 Å². The number of ether oxygens (including phenoxy) is 1. The summed E-state index contributed by atoms with van der Waals surface area (Å²) in [5.41, 5.74) is 1.60. The minimum Gasteiger partial charge on any atom is -0.367 e. The minimum atomic E-state index is -4.32. The van der Waals surface area contributed by atoms with Crippen molar-refractivity contribution in [1.82, 2.24) is 15.5 Å². The van der Waals surface area contributed by atoms with Crippen LogP contribution in [0.15, 0.2) is 29.3 Å². The fourth-order valence-electron chi connectivity index (χ4n) is 4.26. The normalized spacial score (nSPS) is 23.1. The number of aliphatic imine (C=N–C) groups is 1. The lowest BCUT2D eigenvalue weighted by atomic mass is 9.95. The highest BCUT2D eigenvalue weighted by Gasteiger charge is 2.39. The van der Waals surface area contributed by atoms with E-state index in [1.165, 1.54) is 24.2 Å². The minimum absolute atomic E-state index is 0.0364. The molecule has 3 atom stereocenters. The maximum atomic E-state index is 12.2. The van der Waals surface area contributed by atoms with E-state index < -0.39 is 12.8 Å². The maximum Gasteiger partial charge on any atom is 0.411 e. The Balaban J connectivity index is 1.56. The second-order valence-electron chi connectivity index (χ2n) is 8.66. The summed E-state index contributed by atoms with van der Waals surface area (Å²) >= 11 is 0. The lowest BCUT2D eigenvalue weighted by molar-refractivity contribution is -0.176. The Labute approximate surface area is 181 Å². The van der Waals surface area contributed by atoms with Crippen molar-refractivity contribution in [2.45, 2.75) is 51.1 Å². The van der Waals surface area contributed by atoms with Gasteiger partial charge in [-0.1, -0.05) is 30.7 Å². The van der Waals surface area contributed by atoms with Crippen LogP contribution in [0.2, 0.25) is 0 Å². The van der Waals surface area contributed by atoms with Crippen LogP contribution < -0.4 is 10.6 Å². The van der Waals surface area contributed by atoms with Gasteiger partial charge in [-0.05, 0) is 42.2 Å². The number of nitrogens with zero attached hydrogens (tertiary/aromatic N) is 2. The molecule has 9 heteroatoms. The quantitative estimate of drug-likeness (QED) is 0.482. The molecule has 0 aromatic heterocycles. The fourth-order valence-corrected chi connectivity index (χ4v) is 4.26. The summed E-state index contributed by atoms with van der Waals surface area (Å²) in [5.74, 6) is 2.03. The smallest absolute Gasteiger partial charge is 0.367 e. The predicted molar refractivity (Wildman–Crippen MR) is 112 cm³/mol. The van der Waals surface area contributed by atoms with Crippen molar-refractivity contribution < 1.29 is 22.7 Å². The number of guanidine groups is 1. The van der Waals surface area contributed by atoms with Gasteiger partial charge in [-0.15, -0.1) is 0 Å². The van der Waals surface area contributed by atoms with Crippen molar-refractivity contribution in [2.75, 3.05) is 27.2 Å². The van der Waals surface area contributed by atoms with Gasteiger partial charge in [0.1, 0.15) is 6.61 Å². The molecule has 3 unspecified atom stereocenters. The molecule has 0 spiro atoms. The molecule has 1 amide bonds. The van der Waals surface area contributed by atoms with Crippen molar-refractivity contribution in [3.63, 3.8) is 0 Å². The van der Waals surface area contributed by atoms with Gasteiger partial charge in [-0.25, -0.2) is 4.99 Å². The Morgan fingerprint density at radius 1 is 1.16 bits per heavy atom. The number of halogens is 3. The highest BCUT2D eigenvalue weighted by molar-refractivity contribution is 5.86. The third-order valence-electron chi connectivity index (χ3n) is 5.94. The first-order valence-electron chi connectivity index (χ1n) is 10.7. The third-order valence-corrected chi connectivity index (χ3v) is 5.94. The number of hydrogen-bond donors (Lipinski definition) is 2. The van der Waals surface area contributed by atoms with E-state index in [-0.39, 0.29) is 19.1 Å². The number of nitrogens with one attached hydrogen (secondary N) is 2. The lowest BCUT2D eigenvalue weighted by Gasteiger charge is -2.25. The third kappa shape index (κ3) is 7.41. The van der Waals surface area contributed by atoms with Crippen LogP contribution in [0.25, 0.3) is 0 Å². The number of amides is 1. The molecule has 0 saturated heterocycles. The highest BCUT2D eigenvalue weighted by atomic mass is 19.4. The number of hydrogen-bond acceptors (Lipinski definition) is 3. The number of rotatable bonds is 8. The summed E-state index contributed by atoms with van der Waals surface area (Å²) in [6.45, 7) is -0.784. The topological polar surface area (TPSA) is 66.0 Å². The molecule has 31 heavy (non-hydrogen) atoms.